The van der Waals surface area contributed by atoms with Crippen LogP contribution in [0.15, 0.2) is 29.6 Å². The van der Waals surface area contributed by atoms with Crippen LogP contribution in [0.2, 0.25) is 0 Å². The first kappa shape index (κ1) is 10.9. The molecule has 0 aliphatic rings. The highest BCUT2D eigenvalue weighted by Crippen LogP contribution is 2.31. The van der Waals surface area contributed by atoms with Crippen LogP contribution in [0.3, 0.4) is 0 Å². The number of hydrogen-bond donors (Lipinski definition) is 1. The van der Waals surface area contributed by atoms with Gasteiger partial charge in [0.25, 0.3) is 0 Å². The molecule has 0 fully saturated rings. The van der Waals surface area contributed by atoms with Crippen molar-refractivity contribution in [3.05, 3.63) is 35.2 Å². The molecule has 1 nitrogen and oxygen atoms in total. The standard InChI is InChI=1S/C12H14ClNS/c1-14-11(6-7-13)10-8-15-12-5-3-2-4-9(10)12/h2-5,8,11,14H,6-7H2,1H3. The van der Waals surface area contributed by atoms with E-state index in [9.17, 15) is 0 Å². The molecule has 1 aromatic carbocycles. The fraction of sp³-hybridized carbons (Fsp3) is 0.333. The quantitative estimate of drug-likeness (QED) is 0.801. The summed E-state index contributed by atoms with van der Waals surface area (Å²) in [5.41, 5.74) is 1.37. The molecular weight excluding hydrogens is 226 g/mol. The minimum Gasteiger partial charge on any atom is -0.313 e. The van der Waals surface area contributed by atoms with Gasteiger partial charge in [0.15, 0.2) is 0 Å². The predicted octanol–water partition coefficient (Wildman–Crippen LogP) is 3.79. The molecule has 0 aliphatic heterocycles. The Hall–Kier alpha value is -0.570. The van der Waals surface area contributed by atoms with Crippen LogP contribution in [0.4, 0.5) is 0 Å². The molecule has 80 valence electrons. The van der Waals surface area contributed by atoms with Crippen LogP contribution in [-0.2, 0) is 0 Å². The van der Waals surface area contributed by atoms with Gasteiger partial charge in [0, 0.05) is 16.6 Å². The highest BCUT2D eigenvalue weighted by molar-refractivity contribution is 7.17. The molecule has 0 saturated carbocycles. The topological polar surface area (TPSA) is 12.0 Å². The van der Waals surface area contributed by atoms with Crippen LogP contribution in [0.25, 0.3) is 10.1 Å². The van der Waals surface area contributed by atoms with Crippen molar-refractivity contribution in [3.8, 4) is 0 Å². The van der Waals surface area contributed by atoms with Gasteiger partial charge in [0.1, 0.15) is 0 Å². The monoisotopic (exact) mass is 239 g/mol. The molecule has 3 heteroatoms. The molecule has 0 saturated heterocycles. The number of halogens is 1. The SMILES string of the molecule is CNC(CCCl)c1csc2ccccc12. The number of nitrogens with one attached hydrogen (secondary N) is 1. The van der Waals surface area contributed by atoms with Gasteiger partial charge in [-0.25, -0.2) is 0 Å². The Labute approximate surface area is 99.1 Å². The van der Waals surface area contributed by atoms with Crippen LogP contribution in [-0.4, -0.2) is 12.9 Å². The molecule has 0 bridgehead atoms. The van der Waals surface area contributed by atoms with Crippen molar-refractivity contribution < 1.29 is 0 Å². The van der Waals surface area contributed by atoms with Crippen molar-refractivity contribution in [1.29, 1.82) is 0 Å². The molecule has 1 atom stereocenters. The smallest absolute Gasteiger partial charge is 0.0346 e. The zero-order valence-electron chi connectivity index (χ0n) is 8.66. The van der Waals surface area contributed by atoms with Crippen molar-refractivity contribution in [3.63, 3.8) is 0 Å². The zero-order valence-corrected chi connectivity index (χ0v) is 10.2. The van der Waals surface area contributed by atoms with E-state index in [1.54, 1.807) is 11.3 Å². The van der Waals surface area contributed by atoms with Crippen molar-refractivity contribution in [2.45, 2.75) is 12.5 Å². The molecule has 0 aliphatic carbocycles. The highest BCUT2D eigenvalue weighted by atomic mass is 35.5. The summed E-state index contributed by atoms with van der Waals surface area (Å²) in [6.07, 6.45) is 0.971. The normalized spacial score (nSPS) is 13.2. The summed E-state index contributed by atoms with van der Waals surface area (Å²) in [6.45, 7) is 0. The van der Waals surface area contributed by atoms with E-state index in [1.807, 2.05) is 7.05 Å². The third-order valence-electron chi connectivity index (χ3n) is 2.63. The highest BCUT2D eigenvalue weighted by Gasteiger charge is 2.12. The Morgan fingerprint density at radius 2 is 2.20 bits per heavy atom. The number of alkyl halides is 1. The lowest BCUT2D eigenvalue weighted by Crippen LogP contribution is -2.16. The predicted molar refractivity (Wildman–Crippen MR) is 69.0 cm³/mol. The van der Waals surface area contributed by atoms with Gasteiger partial charge in [0.05, 0.1) is 0 Å². The van der Waals surface area contributed by atoms with Crippen molar-refractivity contribution >= 4 is 33.0 Å². The molecule has 2 rings (SSSR count). The van der Waals surface area contributed by atoms with E-state index >= 15 is 0 Å². The van der Waals surface area contributed by atoms with E-state index in [-0.39, 0.29) is 0 Å². The number of fused-ring (bicyclic) bond motifs is 1. The molecule has 1 heterocycles. The van der Waals surface area contributed by atoms with E-state index in [0.717, 1.165) is 6.42 Å². The first-order valence-corrected chi connectivity index (χ1v) is 6.47. The van der Waals surface area contributed by atoms with Crippen LogP contribution in [0, 0.1) is 0 Å². The number of benzene rings is 1. The van der Waals surface area contributed by atoms with Gasteiger partial charge in [-0.3, -0.25) is 0 Å². The molecule has 1 aromatic heterocycles. The molecule has 2 aromatic rings. The fourth-order valence-electron chi connectivity index (χ4n) is 1.83. The molecule has 1 unspecified atom stereocenters. The second-order valence-corrected chi connectivity index (χ2v) is 4.80. The molecular formula is C12H14ClNS. The summed E-state index contributed by atoms with van der Waals surface area (Å²) >= 11 is 7.61. The Morgan fingerprint density at radius 3 is 2.93 bits per heavy atom. The number of rotatable bonds is 4. The molecule has 0 amide bonds. The van der Waals surface area contributed by atoms with Gasteiger partial charge in [0.2, 0.25) is 0 Å². The van der Waals surface area contributed by atoms with E-state index in [0.29, 0.717) is 11.9 Å². The summed E-state index contributed by atoms with van der Waals surface area (Å²) in [7, 11) is 1.99. The Balaban J connectivity index is 2.41. The van der Waals surface area contributed by atoms with Gasteiger partial charge in [-0.1, -0.05) is 18.2 Å². The van der Waals surface area contributed by atoms with Crippen LogP contribution >= 0.6 is 22.9 Å². The second-order valence-electron chi connectivity index (χ2n) is 3.51. The first-order chi connectivity index (χ1) is 7.36. The second kappa shape index (κ2) is 4.97. The summed E-state index contributed by atoms with van der Waals surface area (Å²) in [5, 5.41) is 6.91. The molecule has 15 heavy (non-hydrogen) atoms. The van der Waals surface area contributed by atoms with E-state index < -0.39 is 0 Å². The Morgan fingerprint density at radius 1 is 1.40 bits per heavy atom. The van der Waals surface area contributed by atoms with Crippen LogP contribution in [0.5, 0.6) is 0 Å². The molecule has 1 N–H and O–H groups in total. The van der Waals surface area contributed by atoms with E-state index in [1.165, 1.54) is 15.6 Å². The lowest BCUT2D eigenvalue weighted by molar-refractivity contribution is 0.585. The van der Waals surface area contributed by atoms with Gasteiger partial charge in [-0.2, -0.15) is 0 Å². The minimum absolute atomic E-state index is 0.374. The maximum atomic E-state index is 5.81. The van der Waals surface area contributed by atoms with Crippen LogP contribution in [0.1, 0.15) is 18.0 Å². The van der Waals surface area contributed by atoms with Crippen molar-refractivity contribution in [1.82, 2.24) is 5.32 Å². The van der Waals surface area contributed by atoms with Gasteiger partial charge in [-0.05, 0) is 35.9 Å². The first-order valence-electron chi connectivity index (χ1n) is 5.06. The average molecular weight is 240 g/mol. The summed E-state index contributed by atoms with van der Waals surface area (Å²) in [4.78, 5) is 0. The van der Waals surface area contributed by atoms with Gasteiger partial charge >= 0.3 is 0 Å². The average Bonchev–Trinajstić information content (AvgIpc) is 2.70. The van der Waals surface area contributed by atoms with Crippen molar-refractivity contribution in [2.24, 2.45) is 0 Å². The third kappa shape index (κ3) is 2.17. The Bertz CT molecular complexity index is 438. The number of hydrogen-bond acceptors (Lipinski definition) is 2. The lowest BCUT2D eigenvalue weighted by Gasteiger charge is -2.13. The number of thiophene rings is 1. The fourth-order valence-corrected chi connectivity index (χ4v) is 3.07. The lowest BCUT2D eigenvalue weighted by atomic mass is 10.0. The Kier molecular flexibility index (Phi) is 3.62. The summed E-state index contributed by atoms with van der Waals surface area (Å²) in [5.74, 6) is 0.690. The van der Waals surface area contributed by atoms with Crippen molar-refractivity contribution in [2.75, 3.05) is 12.9 Å². The van der Waals surface area contributed by atoms with Gasteiger partial charge < -0.3 is 5.32 Å². The largest absolute Gasteiger partial charge is 0.313 e. The van der Waals surface area contributed by atoms with Crippen LogP contribution < -0.4 is 5.32 Å². The maximum absolute atomic E-state index is 5.81. The minimum atomic E-state index is 0.374. The van der Waals surface area contributed by atoms with Gasteiger partial charge in [-0.15, -0.1) is 22.9 Å². The zero-order chi connectivity index (χ0) is 10.7. The van der Waals surface area contributed by atoms with E-state index in [4.69, 9.17) is 11.6 Å². The molecule has 0 radical (unpaired) electrons. The summed E-state index contributed by atoms with van der Waals surface area (Å²) < 4.78 is 1.35. The van der Waals surface area contributed by atoms with E-state index in [2.05, 4.69) is 35.0 Å². The maximum Gasteiger partial charge on any atom is 0.0346 e. The third-order valence-corrected chi connectivity index (χ3v) is 3.83. The summed E-state index contributed by atoms with van der Waals surface area (Å²) in [6, 6.07) is 8.89. The molecule has 0 spiro atoms.